The molecule has 3 atom stereocenters. The molecule has 0 aromatic rings. The molecule has 0 fully saturated rings. The third-order valence-electron chi connectivity index (χ3n) is 2.39. The molecule has 0 rings (SSSR count). The average molecular weight is 220 g/mol. The number of carbonyl (C=O) groups is 1. The van der Waals surface area contributed by atoms with Crippen molar-refractivity contribution in [1.82, 2.24) is 0 Å². The molecule has 0 heterocycles. The molecule has 0 aliphatic heterocycles. The van der Waals surface area contributed by atoms with Crippen LogP contribution in [0.1, 0.15) is 13.3 Å². The summed E-state index contributed by atoms with van der Waals surface area (Å²) in [5.41, 5.74) is 0. The molecule has 0 aliphatic rings. The fraction of sp³-hybridized carbons (Fsp3) is 0.900. The molecule has 0 saturated heterocycles. The van der Waals surface area contributed by atoms with Gasteiger partial charge in [0.1, 0.15) is 0 Å². The Morgan fingerprint density at radius 2 is 1.67 bits per heavy atom. The highest BCUT2D eigenvalue weighted by atomic mass is 16.6. The molecule has 0 aromatic carbocycles. The van der Waals surface area contributed by atoms with Crippen LogP contribution in [0.25, 0.3) is 0 Å². The third-order valence-corrected chi connectivity index (χ3v) is 2.39. The first-order valence-corrected chi connectivity index (χ1v) is 4.76. The fourth-order valence-electron chi connectivity index (χ4n) is 1.26. The zero-order chi connectivity index (χ0) is 11.8. The lowest BCUT2D eigenvalue weighted by Crippen LogP contribution is -2.35. The first-order chi connectivity index (χ1) is 7.10. The number of ether oxygens (including phenoxy) is 4. The summed E-state index contributed by atoms with van der Waals surface area (Å²) in [4.78, 5) is 11.3. The van der Waals surface area contributed by atoms with Crippen molar-refractivity contribution >= 4 is 5.97 Å². The molecular weight excluding hydrogens is 200 g/mol. The average Bonchev–Trinajstić information content (AvgIpc) is 2.28. The Balaban J connectivity index is 4.29. The van der Waals surface area contributed by atoms with Gasteiger partial charge in [0.2, 0.25) is 0 Å². The lowest BCUT2D eigenvalue weighted by atomic mass is 10.1. The molecular formula is C10H20O5. The van der Waals surface area contributed by atoms with E-state index < -0.39 is 12.1 Å². The van der Waals surface area contributed by atoms with Crippen LogP contribution in [0.2, 0.25) is 0 Å². The second kappa shape index (κ2) is 7.62. The van der Waals surface area contributed by atoms with Gasteiger partial charge in [-0.25, -0.2) is 4.79 Å². The second-order valence-electron chi connectivity index (χ2n) is 3.20. The number of esters is 1. The SMILES string of the molecule is COC(=O)[C@H](C[C@H](OC)[C@H](C)OC)OC. The van der Waals surface area contributed by atoms with Gasteiger partial charge in [0.05, 0.1) is 19.3 Å². The molecule has 0 spiro atoms. The van der Waals surface area contributed by atoms with Crippen molar-refractivity contribution < 1.29 is 23.7 Å². The molecule has 0 radical (unpaired) electrons. The number of carbonyl (C=O) groups excluding carboxylic acids is 1. The summed E-state index contributed by atoms with van der Waals surface area (Å²) >= 11 is 0. The van der Waals surface area contributed by atoms with Gasteiger partial charge in [-0.3, -0.25) is 0 Å². The van der Waals surface area contributed by atoms with Gasteiger partial charge < -0.3 is 18.9 Å². The Morgan fingerprint density at radius 1 is 1.07 bits per heavy atom. The van der Waals surface area contributed by atoms with Crippen molar-refractivity contribution in [3.05, 3.63) is 0 Å². The molecule has 5 heteroatoms. The molecule has 0 aromatic heterocycles. The summed E-state index contributed by atoms with van der Waals surface area (Å²) in [6.45, 7) is 1.87. The van der Waals surface area contributed by atoms with E-state index in [1.54, 1.807) is 14.2 Å². The summed E-state index contributed by atoms with van der Waals surface area (Å²) < 4.78 is 20.0. The maximum absolute atomic E-state index is 11.3. The number of hydrogen-bond acceptors (Lipinski definition) is 5. The number of hydrogen-bond donors (Lipinski definition) is 0. The molecule has 15 heavy (non-hydrogen) atoms. The van der Waals surface area contributed by atoms with E-state index in [2.05, 4.69) is 4.74 Å². The van der Waals surface area contributed by atoms with Crippen molar-refractivity contribution in [2.24, 2.45) is 0 Å². The third kappa shape index (κ3) is 4.59. The highest BCUT2D eigenvalue weighted by molar-refractivity contribution is 5.74. The molecule has 0 aliphatic carbocycles. The van der Waals surface area contributed by atoms with Crippen molar-refractivity contribution in [2.75, 3.05) is 28.4 Å². The van der Waals surface area contributed by atoms with E-state index >= 15 is 0 Å². The van der Waals surface area contributed by atoms with E-state index in [-0.39, 0.29) is 12.2 Å². The maximum atomic E-state index is 11.3. The molecule has 0 saturated carbocycles. The topological polar surface area (TPSA) is 54.0 Å². The smallest absolute Gasteiger partial charge is 0.335 e. The summed E-state index contributed by atoms with van der Waals surface area (Å²) in [5.74, 6) is -0.400. The number of methoxy groups -OCH3 is 4. The van der Waals surface area contributed by atoms with Crippen LogP contribution in [-0.4, -0.2) is 52.7 Å². The van der Waals surface area contributed by atoms with Crippen LogP contribution >= 0.6 is 0 Å². The molecule has 0 N–H and O–H groups in total. The quantitative estimate of drug-likeness (QED) is 0.588. The summed E-state index contributed by atoms with van der Waals surface area (Å²) in [7, 11) is 5.96. The molecule has 0 unspecified atom stereocenters. The minimum absolute atomic E-state index is 0.0997. The minimum Gasteiger partial charge on any atom is -0.467 e. The Hall–Kier alpha value is -0.650. The molecule has 90 valence electrons. The first kappa shape index (κ1) is 14.3. The van der Waals surface area contributed by atoms with Gasteiger partial charge in [0, 0.05) is 27.8 Å². The van der Waals surface area contributed by atoms with E-state index in [4.69, 9.17) is 14.2 Å². The van der Waals surface area contributed by atoms with Crippen LogP contribution in [-0.2, 0) is 23.7 Å². The van der Waals surface area contributed by atoms with E-state index in [0.717, 1.165) is 0 Å². The number of rotatable bonds is 7. The van der Waals surface area contributed by atoms with Gasteiger partial charge in [0.25, 0.3) is 0 Å². The highest BCUT2D eigenvalue weighted by Crippen LogP contribution is 2.12. The molecule has 0 bridgehead atoms. The van der Waals surface area contributed by atoms with Gasteiger partial charge in [0.15, 0.2) is 6.10 Å². The Bertz CT molecular complexity index is 183. The molecule has 0 amide bonds. The van der Waals surface area contributed by atoms with Crippen LogP contribution in [0.15, 0.2) is 0 Å². The van der Waals surface area contributed by atoms with Crippen LogP contribution in [0.3, 0.4) is 0 Å². The van der Waals surface area contributed by atoms with Crippen LogP contribution in [0, 0.1) is 0 Å². The zero-order valence-electron chi connectivity index (χ0n) is 9.98. The Kier molecular flexibility index (Phi) is 7.29. The first-order valence-electron chi connectivity index (χ1n) is 4.76. The van der Waals surface area contributed by atoms with E-state index in [1.165, 1.54) is 14.2 Å². The Labute approximate surface area is 90.6 Å². The van der Waals surface area contributed by atoms with Gasteiger partial charge >= 0.3 is 5.97 Å². The lowest BCUT2D eigenvalue weighted by Gasteiger charge is -2.24. The highest BCUT2D eigenvalue weighted by Gasteiger charge is 2.26. The fourth-order valence-corrected chi connectivity index (χ4v) is 1.26. The standard InChI is InChI=1S/C10H20O5/c1-7(12-2)8(13-3)6-9(14-4)10(11)15-5/h7-9H,6H2,1-5H3/t7-,8-,9-/m0/s1. The zero-order valence-corrected chi connectivity index (χ0v) is 9.98. The molecule has 5 nitrogen and oxygen atoms in total. The van der Waals surface area contributed by atoms with Crippen molar-refractivity contribution in [2.45, 2.75) is 31.7 Å². The minimum atomic E-state index is -0.613. The predicted octanol–water partition coefficient (Wildman–Crippen LogP) is 0.614. The van der Waals surface area contributed by atoms with E-state index in [0.29, 0.717) is 6.42 Å². The van der Waals surface area contributed by atoms with Crippen LogP contribution in [0.4, 0.5) is 0 Å². The van der Waals surface area contributed by atoms with Crippen molar-refractivity contribution in [3.8, 4) is 0 Å². The monoisotopic (exact) mass is 220 g/mol. The lowest BCUT2D eigenvalue weighted by molar-refractivity contribution is -0.156. The van der Waals surface area contributed by atoms with Gasteiger partial charge in [-0.05, 0) is 6.92 Å². The Morgan fingerprint density at radius 3 is 2.00 bits per heavy atom. The van der Waals surface area contributed by atoms with Crippen LogP contribution < -0.4 is 0 Å². The van der Waals surface area contributed by atoms with Gasteiger partial charge in [-0.1, -0.05) is 0 Å². The van der Waals surface area contributed by atoms with E-state index in [1.807, 2.05) is 6.92 Å². The second-order valence-corrected chi connectivity index (χ2v) is 3.20. The maximum Gasteiger partial charge on any atom is 0.335 e. The summed E-state index contributed by atoms with van der Waals surface area (Å²) in [6.07, 6.45) is -0.497. The summed E-state index contributed by atoms with van der Waals surface area (Å²) in [5, 5.41) is 0. The van der Waals surface area contributed by atoms with Gasteiger partial charge in [-0.15, -0.1) is 0 Å². The largest absolute Gasteiger partial charge is 0.467 e. The van der Waals surface area contributed by atoms with Crippen molar-refractivity contribution in [3.63, 3.8) is 0 Å². The van der Waals surface area contributed by atoms with Gasteiger partial charge in [-0.2, -0.15) is 0 Å². The van der Waals surface area contributed by atoms with Crippen LogP contribution in [0.5, 0.6) is 0 Å². The predicted molar refractivity (Wildman–Crippen MR) is 54.7 cm³/mol. The van der Waals surface area contributed by atoms with Crippen molar-refractivity contribution in [1.29, 1.82) is 0 Å². The normalized spacial score (nSPS) is 16.9. The van der Waals surface area contributed by atoms with E-state index in [9.17, 15) is 4.79 Å². The summed E-state index contributed by atoms with van der Waals surface area (Å²) in [6, 6.07) is 0.